The van der Waals surface area contributed by atoms with Crippen molar-refractivity contribution in [3.8, 4) is 5.75 Å². The minimum absolute atomic E-state index is 0.0460. The fourth-order valence-electron chi connectivity index (χ4n) is 1.43. The number of carbonyl (C=O) groups excluding carboxylic acids is 1. The summed E-state index contributed by atoms with van der Waals surface area (Å²) in [7, 11) is 0. The van der Waals surface area contributed by atoms with Crippen LogP contribution in [0.5, 0.6) is 5.75 Å². The molecular formula is C10H8F2N2O2. The van der Waals surface area contributed by atoms with Gasteiger partial charge < -0.3 is 5.11 Å². The Hall–Kier alpha value is -1.98. The number of carbonyl (C=O) groups is 1. The van der Waals surface area contributed by atoms with Crippen molar-refractivity contribution in [2.24, 2.45) is 5.10 Å². The molecule has 0 unspecified atom stereocenters. The fraction of sp³-hybridized carbons (Fsp3) is 0.200. The lowest BCUT2D eigenvalue weighted by Gasteiger charge is -2.13. The van der Waals surface area contributed by atoms with Crippen molar-refractivity contribution in [1.82, 2.24) is 5.43 Å². The number of nitrogens with one attached hydrogen (secondary N) is 1. The standard InChI is InChI=1S/C10H8F2N2O2/c11-9-5(1-3-7(15)10(9)12)6-2-4-8(16)14-13-6/h1,3,15H,2,4H2,(H,14,16). The maximum atomic E-state index is 13.4. The molecule has 0 spiro atoms. The zero-order valence-corrected chi connectivity index (χ0v) is 8.13. The summed E-state index contributed by atoms with van der Waals surface area (Å²) in [6.07, 6.45) is 0.424. The first-order valence-electron chi connectivity index (χ1n) is 4.62. The van der Waals surface area contributed by atoms with E-state index in [4.69, 9.17) is 5.11 Å². The summed E-state index contributed by atoms with van der Waals surface area (Å²) in [6, 6.07) is 2.27. The van der Waals surface area contributed by atoms with Gasteiger partial charge in [-0.25, -0.2) is 9.82 Å². The van der Waals surface area contributed by atoms with Crippen LogP contribution in [0.2, 0.25) is 0 Å². The number of phenolic OH excluding ortho intramolecular Hbond substituents is 1. The summed E-state index contributed by atoms with van der Waals surface area (Å²) in [5.41, 5.74) is 2.40. The van der Waals surface area contributed by atoms with Crippen LogP contribution in [0.15, 0.2) is 17.2 Å². The van der Waals surface area contributed by atoms with Gasteiger partial charge in [0.1, 0.15) is 0 Å². The van der Waals surface area contributed by atoms with E-state index in [9.17, 15) is 13.6 Å². The molecule has 0 atom stereocenters. The Morgan fingerprint density at radius 3 is 2.62 bits per heavy atom. The molecule has 0 saturated carbocycles. The van der Waals surface area contributed by atoms with Gasteiger partial charge >= 0.3 is 0 Å². The summed E-state index contributed by atoms with van der Waals surface area (Å²) < 4.78 is 26.5. The van der Waals surface area contributed by atoms with Crippen molar-refractivity contribution in [3.05, 3.63) is 29.3 Å². The van der Waals surface area contributed by atoms with E-state index >= 15 is 0 Å². The van der Waals surface area contributed by atoms with Crippen molar-refractivity contribution in [1.29, 1.82) is 0 Å². The van der Waals surface area contributed by atoms with E-state index < -0.39 is 17.4 Å². The van der Waals surface area contributed by atoms with E-state index in [1.54, 1.807) is 0 Å². The quantitative estimate of drug-likeness (QED) is 0.757. The maximum absolute atomic E-state index is 13.4. The van der Waals surface area contributed by atoms with E-state index in [1.165, 1.54) is 6.07 Å². The highest BCUT2D eigenvalue weighted by Crippen LogP contribution is 2.23. The van der Waals surface area contributed by atoms with Crippen molar-refractivity contribution in [2.75, 3.05) is 0 Å². The molecule has 0 saturated heterocycles. The Morgan fingerprint density at radius 1 is 1.25 bits per heavy atom. The lowest BCUT2D eigenvalue weighted by atomic mass is 10.0. The number of halogens is 2. The highest BCUT2D eigenvalue weighted by molar-refractivity contribution is 6.04. The van der Waals surface area contributed by atoms with E-state index in [-0.39, 0.29) is 30.0 Å². The predicted octanol–water partition coefficient (Wildman–Crippen LogP) is 1.28. The van der Waals surface area contributed by atoms with Crippen LogP contribution >= 0.6 is 0 Å². The average Bonchev–Trinajstić information content (AvgIpc) is 2.28. The summed E-state index contributed by atoms with van der Waals surface area (Å²) >= 11 is 0. The molecular weight excluding hydrogens is 218 g/mol. The molecule has 0 bridgehead atoms. The number of hydrazone groups is 1. The second-order valence-corrected chi connectivity index (χ2v) is 3.35. The molecule has 1 aromatic carbocycles. The first-order valence-corrected chi connectivity index (χ1v) is 4.62. The van der Waals surface area contributed by atoms with E-state index in [1.807, 2.05) is 0 Å². The minimum atomic E-state index is -1.31. The summed E-state index contributed by atoms with van der Waals surface area (Å²) in [4.78, 5) is 10.8. The number of amides is 1. The molecule has 1 heterocycles. The van der Waals surface area contributed by atoms with Gasteiger partial charge in [0.15, 0.2) is 11.6 Å². The summed E-state index contributed by atoms with van der Waals surface area (Å²) in [5, 5.41) is 12.6. The van der Waals surface area contributed by atoms with Crippen molar-refractivity contribution in [3.63, 3.8) is 0 Å². The number of hydrogen-bond acceptors (Lipinski definition) is 3. The minimum Gasteiger partial charge on any atom is -0.505 e. The number of rotatable bonds is 1. The van der Waals surface area contributed by atoms with Gasteiger partial charge in [0.2, 0.25) is 11.7 Å². The normalized spacial score (nSPS) is 15.6. The van der Waals surface area contributed by atoms with Crippen LogP contribution in [0.3, 0.4) is 0 Å². The molecule has 84 valence electrons. The van der Waals surface area contributed by atoms with Crippen molar-refractivity contribution >= 4 is 11.6 Å². The molecule has 6 heteroatoms. The zero-order valence-electron chi connectivity index (χ0n) is 8.13. The number of benzene rings is 1. The number of aromatic hydroxyl groups is 1. The molecule has 0 aromatic heterocycles. The van der Waals surface area contributed by atoms with Gasteiger partial charge in [-0.1, -0.05) is 0 Å². The maximum Gasteiger partial charge on any atom is 0.240 e. The number of hydrogen-bond donors (Lipinski definition) is 2. The Kier molecular flexibility index (Phi) is 2.55. The monoisotopic (exact) mass is 226 g/mol. The SMILES string of the molecule is O=C1CCC(c2ccc(O)c(F)c2F)=NN1. The average molecular weight is 226 g/mol. The Morgan fingerprint density at radius 2 is 2.00 bits per heavy atom. The van der Waals surface area contributed by atoms with E-state index in [0.717, 1.165) is 6.07 Å². The molecule has 1 amide bonds. The van der Waals surface area contributed by atoms with Crippen LogP contribution in [-0.2, 0) is 4.79 Å². The first-order chi connectivity index (χ1) is 7.59. The molecule has 2 N–H and O–H groups in total. The van der Waals surface area contributed by atoms with Gasteiger partial charge in [0.05, 0.1) is 5.71 Å². The van der Waals surface area contributed by atoms with Crippen LogP contribution in [-0.4, -0.2) is 16.7 Å². The molecule has 0 fully saturated rings. The topological polar surface area (TPSA) is 61.7 Å². The van der Waals surface area contributed by atoms with Gasteiger partial charge in [-0.05, 0) is 12.1 Å². The van der Waals surface area contributed by atoms with Crippen LogP contribution < -0.4 is 5.43 Å². The first kappa shape index (κ1) is 10.5. The lowest BCUT2D eigenvalue weighted by Crippen LogP contribution is -2.26. The van der Waals surface area contributed by atoms with Gasteiger partial charge in [-0.15, -0.1) is 0 Å². The third-order valence-electron chi connectivity index (χ3n) is 2.28. The molecule has 1 aromatic rings. The molecule has 0 radical (unpaired) electrons. The molecule has 16 heavy (non-hydrogen) atoms. The smallest absolute Gasteiger partial charge is 0.240 e. The largest absolute Gasteiger partial charge is 0.505 e. The lowest BCUT2D eigenvalue weighted by molar-refractivity contribution is -0.121. The van der Waals surface area contributed by atoms with Crippen molar-refractivity contribution < 1.29 is 18.7 Å². The third kappa shape index (κ3) is 1.73. The van der Waals surface area contributed by atoms with Crippen LogP contribution in [0.4, 0.5) is 8.78 Å². The van der Waals surface area contributed by atoms with Gasteiger partial charge in [-0.3, -0.25) is 4.79 Å². The zero-order chi connectivity index (χ0) is 11.7. The number of nitrogens with zero attached hydrogens (tertiary/aromatic N) is 1. The molecule has 4 nitrogen and oxygen atoms in total. The summed E-state index contributed by atoms with van der Waals surface area (Å²) in [5.74, 6) is -3.47. The second-order valence-electron chi connectivity index (χ2n) is 3.35. The predicted molar refractivity (Wildman–Crippen MR) is 51.9 cm³/mol. The van der Waals surface area contributed by atoms with E-state index in [2.05, 4.69) is 10.5 Å². The Labute approximate surface area is 89.6 Å². The molecule has 1 aliphatic heterocycles. The van der Waals surface area contributed by atoms with Crippen LogP contribution in [0.25, 0.3) is 0 Å². The summed E-state index contributed by atoms with van der Waals surface area (Å²) in [6.45, 7) is 0. The van der Waals surface area contributed by atoms with Crippen LogP contribution in [0, 0.1) is 11.6 Å². The second kappa shape index (κ2) is 3.88. The van der Waals surface area contributed by atoms with Gasteiger partial charge in [0, 0.05) is 18.4 Å². The van der Waals surface area contributed by atoms with Crippen molar-refractivity contribution in [2.45, 2.75) is 12.8 Å². The molecule has 0 aliphatic carbocycles. The van der Waals surface area contributed by atoms with E-state index in [0.29, 0.717) is 0 Å². The number of phenols is 1. The fourth-order valence-corrected chi connectivity index (χ4v) is 1.43. The Balaban J connectivity index is 2.42. The van der Waals surface area contributed by atoms with Gasteiger partial charge in [0.25, 0.3) is 0 Å². The Bertz CT molecular complexity index is 486. The highest BCUT2D eigenvalue weighted by Gasteiger charge is 2.20. The van der Waals surface area contributed by atoms with Crippen LogP contribution in [0.1, 0.15) is 18.4 Å². The molecule has 2 rings (SSSR count). The third-order valence-corrected chi connectivity index (χ3v) is 2.28. The highest BCUT2D eigenvalue weighted by atomic mass is 19.2. The molecule has 1 aliphatic rings. The van der Waals surface area contributed by atoms with Gasteiger partial charge in [-0.2, -0.15) is 9.49 Å².